The van der Waals surface area contributed by atoms with Gasteiger partial charge in [-0.3, -0.25) is 4.79 Å². The summed E-state index contributed by atoms with van der Waals surface area (Å²) < 4.78 is 6.38. The van der Waals surface area contributed by atoms with Gasteiger partial charge in [-0.05, 0) is 106 Å². The van der Waals surface area contributed by atoms with Crippen LogP contribution in [0.15, 0.2) is 77.1 Å². The van der Waals surface area contributed by atoms with E-state index in [1.165, 1.54) is 21.6 Å². The molecule has 2 aromatic rings. The number of hydrogen-bond donors (Lipinski definition) is 2. The number of rotatable bonds is 10. The van der Waals surface area contributed by atoms with Crippen LogP contribution in [0.2, 0.25) is 0 Å². The third-order valence-corrected chi connectivity index (χ3v) is 11.0. The Labute approximate surface area is 275 Å². The molecular weight excluding hydrogens is 575 g/mol. The van der Waals surface area contributed by atoms with E-state index in [2.05, 4.69) is 92.4 Å². The SMILES string of the molecule is C=C1COC([C@@H](C(C)C)C(C)/C=C2\CCC[C@@H](C(=O)N[C@@H](C)c3ccc(-c4scnc4C)cc3)C2)=CC1CC1=CCCNCC1. The van der Waals surface area contributed by atoms with Crippen LogP contribution in [-0.2, 0) is 9.53 Å². The summed E-state index contributed by atoms with van der Waals surface area (Å²) in [4.78, 5) is 19.0. The van der Waals surface area contributed by atoms with E-state index in [9.17, 15) is 4.79 Å². The first-order chi connectivity index (χ1) is 21.7. The molecule has 1 aromatic heterocycles. The highest BCUT2D eigenvalue weighted by molar-refractivity contribution is 7.13. The Morgan fingerprint density at radius 2 is 1.98 bits per heavy atom. The van der Waals surface area contributed by atoms with Crippen LogP contribution in [0.3, 0.4) is 0 Å². The number of benzene rings is 1. The Morgan fingerprint density at radius 1 is 1.18 bits per heavy atom. The number of nitrogens with zero attached hydrogens (tertiary/aromatic N) is 1. The van der Waals surface area contributed by atoms with Crippen LogP contribution in [-0.4, -0.2) is 30.6 Å². The standard InChI is InChI=1S/C39H53N3O2S/c1-25(2)37(36-22-35(27(4)23-44-36)20-30-10-8-17-40-18-16-30)26(3)19-31-9-7-11-34(21-31)39(43)42-28(5)32-12-14-33(15-13-32)38-29(6)41-24-45-38/h10,12-15,19,22,24-26,28,34-35,37,40H,4,7-9,11,16-18,20-21,23H2,1-3,5-6H3,(H,42,43)/b31-19+/t26?,28-,34+,35?,37-/m0/s1. The average Bonchev–Trinajstić information content (AvgIpc) is 3.28. The molecule has 0 spiro atoms. The topological polar surface area (TPSA) is 63.2 Å². The minimum atomic E-state index is -0.0317. The van der Waals surface area contributed by atoms with Gasteiger partial charge in [-0.1, -0.05) is 74.9 Å². The summed E-state index contributed by atoms with van der Waals surface area (Å²) in [6.07, 6.45) is 14.5. The van der Waals surface area contributed by atoms with Gasteiger partial charge < -0.3 is 15.4 Å². The zero-order valence-corrected chi connectivity index (χ0v) is 28.8. The van der Waals surface area contributed by atoms with E-state index in [-0.39, 0.29) is 17.9 Å². The molecule has 1 amide bonds. The highest BCUT2D eigenvalue weighted by atomic mass is 32.1. The first kappa shape index (κ1) is 33.4. The molecule has 5 rings (SSSR count). The number of hydrogen-bond acceptors (Lipinski definition) is 5. The molecule has 0 bridgehead atoms. The minimum Gasteiger partial charge on any atom is -0.494 e. The van der Waals surface area contributed by atoms with Crippen molar-refractivity contribution in [1.82, 2.24) is 15.6 Å². The predicted molar refractivity (Wildman–Crippen MR) is 188 cm³/mol. The maximum atomic E-state index is 13.5. The van der Waals surface area contributed by atoms with Crippen molar-refractivity contribution in [2.75, 3.05) is 19.7 Å². The van der Waals surface area contributed by atoms with Crippen molar-refractivity contribution in [1.29, 1.82) is 0 Å². The van der Waals surface area contributed by atoms with Gasteiger partial charge in [-0.15, -0.1) is 11.3 Å². The number of ether oxygens (including phenoxy) is 1. The zero-order chi connectivity index (χ0) is 31.9. The molecular formula is C39H53N3O2S. The van der Waals surface area contributed by atoms with Gasteiger partial charge in [0.05, 0.1) is 27.9 Å². The van der Waals surface area contributed by atoms with Crippen molar-refractivity contribution in [2.45, 2.75) is 85.6 Å². The highest BCUT2D eigenvalue weighted by Gasteiger charge is 2.31. The molecule has 1 saturated carbocycles. The van der Waals surface area contributed by atoms with Crippen molar-refractivity contribution in [3.8, 4) is 10.4 Å². The zero-order valence-electron chi connectivity index (χ0n) is 28.0. The van der Waals surface area contributed by atoms with Crippen molar-refractivity contribution < 1.29 is 9.53 Å². The summed E-state index contributed by atoms with van der Waals surface area (Å²) in [5, 5.41) is 6.83. The number of allylic oxidation sites excluding steroid dienone is 4. The number of aromatic nitrogens is 1. The van der Waals surface area contributed by atoms with Crippen molar-refractivity contribution in [2.24, 2.45) is 29.6 Å². The van der Waals surface area contributed by atoms with Crippen LogP contribution in [0.1, 0.15) is 89.9 Å². The summed E-state index contributed by atoms with van der Waals surface area (Å²) in [7, 11) is 0. The van der Waals surface area contributed by atoms with Crippen LogP contribution < -0.4 is 10.6 Å². The van der Waals surface area contributed by atoms with Crippen molar-refractivity contribution in [3.63, 3.8) is 0 Å². The molecule has 1 fully saturated rings. The van der Waals surface area contributed by atoms with E-state index < -0.39 is 0 Å². The van der Waals surface area contributed by atoms with E-state index in [1.807, 2.05) is 12.4 Å². The molecule has 1 aromatic carbocycles. The Hall–Kier alpha value is -2.96. The van der Waals surface area contributed by atoms with Crippen LogP contribution in [0.25, 0.3) is 10.4 Å². The first-order valence-electron chi connectivity index (χ1n) is 17.1. The summed E-state index contributed by atoms with van der Waals surface area (Å²) in [5.74, 6) is 2.77. The third-order valence-electron chi connectivity index (χ3n) is 9.99. The second kappa shape index (κ2) is 15.6. The molecule has 0 radical (unpaired) electrons. The summed E-state index contributed by atoms with van der Waals surface area (Å²) in [6, 6.07) is 8.51. The maximum Gasteiger partial charge on any atom is 0.223 e. The van der Waals surface area contributed by atoms with E-state index in [4.69, 9.17) is 4.74 Å². The summed E-state index contributed by atoms with van der Waals surface area (Å²) in [5.41, 5.74) is 9.41. The highest BCUT2D eigenvalue weighted by Crippen LogP contribution is 2.39. The molecule has 5 atom stereocenters. The minimum absolute atomic E-state index is 0.0245. The van der Waals surface area contributed by atoms with E-state index in [0.29, 0.717) is 30.3 Å². The van der Waals surface area contributed by atoms with E-state index in [0.717, 1.165) is 75.1 Å². The van der Waals surface area contributed by atoms with Gasteiger partial charge in [0.25, 0.3) is 0 Å². The molecule has 2 N–H and O–H groups in total. The van der Waals surface area contributed by atoms with Gasteiger partial charge in [0.2, 0.25) is 5.91 Å². The van der Waals surface area contributed by atoms with Gasteiger partial charge in [-0.25, -0.2) is 4.98 Å². The van der Waals surface area contributed by atoms with Crippen LogP contribution in [0.5, 0.6) is 0 Å². The lowest BCUT2D eigenvalue weighted by Crippen LogP contribution is -2.34. The van der Waals surface area contributed by atoms with E-state index >= 15 is 0 Å². The van der Waals surface area contributed by atoms with Crippen molar-refractivity contribution in [3.05, 3.63) is 88.3 Å². The smallest absolute Gasteiger partial charge is 0.223 e. The first-order valence-corrected chi connectivity index (χ1v) is 18.0. The second-order valence-electron chi connectivity index (χ2n) is 13.8. The second-order valence-corrected chi connectivity index (χ2v) is 14.7. The van der Waals surface area contributed by atoms with E-state index in [1.54, 1.807) is 16.9 Å². The molecule has 6 heteroatoms. The Morgan fingerprint density at radius 3 is 2.71 bits per heavy atom. The number of amides is 1. The fraction of sp³-hybridized carbons (Fsp3) is 0.538. The van der Waals surface area contributed by atoms with Gasteiger partial charge in [-0.2, -0.15) is 0 Å². The molecule has 2 aliphatic heterocycles. The lowest BCUT2D eigenvalue weighted by molar-refractivity contribution is -0.126. The number of thiazole rings is 1. The fourth-order valence-electron chi connectivity index (χ4n) is 7.44. The fourth-order valence-corrected chi connectivity index (χ4v) is 8.25. The Balaban J connectivity index is 1.21. The normalized spacial score (nSPS) is 23.9. The quantitative estimate of drug-likeness (QED) is 0.258. The Bertz CT molecular complexity index is 1420. The molecule has 45 heavy (non-hydrogen) atoms. The van der Waals surface area contributed by atoms with Crippen LogP contribution in [0, 0.1) is 36.5 Å². The Kier molecular flexibility index (Phi) is 11.5. The molecule has 0 saturated heterocycles. The predicted octanol–water partition coefficient (Wildman–Crippen LogP) is 9.11. The largest absolute Gasteiger partial charge is 0.494 e. The molecule has 3 heterocycles. The molecule has 242 valence electrons. The molecule has 1 aliphatic carbocycles. The molecule has 2 unspecified atom stereocenters. The summed E-state index contributed by atoms with van der Waals surface area (Å²) in [6.45, 7) is 18.2. The number of carbonyl (C=O) groups excluding carboxylic acids is 1. The van der Waals surface area contributed by atoms with Gasteiger partial charge >= 0.3 is 0 Å². The van der Waals surface area contributed by atoms with Gasteiger partial charge in [0, 0.05) is 17.8 Å². The number of carbonyl (C=O) groups is 1. The monoisotopic (exact) mass is 627 g/mol. The van der Waals surface area contributed by atoms with Crippen LogP contribution >= 0.6 is 11.3 Å². The third kappa shape index (κ3) is 8.65. The number of aryl methyl sites for hydroxylation is 1. The summed E-state index contributed by atoms with van der Waals surface area (Å²) >= 11 is 1.67. The van der Waals surface area contributed by atoms with Gasteiger partial charge in [0.1, 0.15) is 6.61 Å². The van der Waals surface area contributed by atoms with Crippen molar-refractivity contribution >= 4 is 17.2 Å². The lowest BCUT2D eigenvalue weighted by Gasteiger charge is -2.34. The average molecular weight is 628 g/mol. The van der Waals surface area contributed by atoms with Gasteiger partial charge in [0.15, 0.2) is 0 Å². The lowest BCUT2D eigenvalue weighted by atomic mass is 9.77. The number of nitrogens with one attached hydrogen (secondary N) is 2. The van der Waals surface area contributed by atoms with Crippen LogP contribution in [0.4, 0.5) is 0 Å². The molecule has 5 nitrogen and oxygen atoms in total. The maximum absolute atomic E-state index is 13.5. The molecule has 3 aliphatic rings.